The zero-order valence-electron chi connectivity index (χ0n) is 26.5. The lowest BCUT2D eigenvalue weighted by molar-refractivity contribution is -0.150. The van der Waals surface area contributed by atoms with E-state index in [1.54, 1.807) is 0 Å². The molecule has 3 unspecified atom stereocenters. The van der Waals surface area contributed by atoms with Crippen LogP contribution in [0.15, 0.2) is 0 Å². The van der Waals surface area contributed by atoms with Gasteiger partial charge in [-0.15, -0.1) is 0 Å². The Kier molecular flexibility index (Phi) is 22.7. The van der Waals surface area contributed by atoms with E-state index in [1.807, 2.05) is 21.0 Å². The predicted octanol–water partition coefficient (Wildman–Crippen LogP) is 9.26. The Balaban J connectivity index is 1.87. The third-order valence-electron chi connectivity index (χ3n) is 8.33. The minimum Gasteiger partial charge on any atom is -0.466 e. The van der Waals surface area contributed by atoms with Crippen molar-refractivity contribution in [2.45, 2.75) is 168 Å². The van der Waals surface area contributed by atoms with Gasteiger partial charge in [0.1, 0.15) is 6.10 Å². The molecule has 0 N–H and O–H groups in total. The summed E-state index contributed by atoms with van der Waals surface area (Å²) in [4.78, 5) is 25.6. The van der Waals surface area contributed by atoms with Crippen LogP contribution in [0.25, 0.3) is 0 Å². The largest absolute Gasteiger partial charge is 0.466 e. The molecular weight excluding hydrogens is 486 g/mol. The summed E-state index contributed by atoms with van der Waals surface area (Å²) in [5.41, 5.74) is 0. The maximum atomic E-state index is 12.1. The van der Waals surface area contributed by atoms with Gasteiger partial charge in [0.2, 0.25) is 0 Å². The molecule has 5 heteroatoms. The van der Waals surface area contributed by atoms with E-state index in [9.17, 15) is 9.59 Å². The van der Waals surface area contributed by atoms with E-state index < -0.39 is 0 Å². The fraction of sp³-hybridized carbons (Fsp3) is 0.941. The first-order chi connectivity index (χ1) is 19.0. The molecule has 0 aromatic carbocycles. The minimum atomic E-state index is -0.0375. The Hall–Kier alpha value is -1.10. The molecule has 0 radical (unpaired) electrons. The van der Waals surface area contributed by atoms with Crippen LogP contribution in [-0.2, 0) is 19.1 Å². The van der Waals surface area contributed by atoms with Crippen molar-refractivity contribution >= 4 is 11.9 Å². The minimum absolute atomic E-state index is 0.00613. The summed E-state index contributed by atoms with van der Waals surface area (Å²) in [6.45, 7) is 5.50. The average Bonchev–Trinajstić information content (AvgIpc) is 3.64. The number of hydrogen-bond acceptors (Lipinski definition) is 5. The van der Waals surface area contributed by atoms with Gasteiger partial charge in [-0.1, -0.05) is 103 Å². The normalized spacial score (nSPS) is 17.4. The van der Waals surface area contributed by atoms with Crippen LogP contribution in [0.2, 0.25) is 0 Å². The van der Waals surface area contributed by atoms with Crippen LogP contribution in [0, 0.1) is 11.8 Å². The fourth-order valence-electron chi connectivity index (χ4n) is 5.84. The number of nitrogens with zero attached hydrogens (tertiary/aromatic N) is 1. The maximum Gasteiger partial charge on any atom is 0.306 e. The molecule has 0 aliphatic heterocycles. The van der Waals surface area contributed by atoms with Crippen LogP contribution in [0.1, 0.15) is 162 Å². The topological polar surface area (TPSA) is 55.8 Å². The van der Waals surface area contributed by atoms with Crippen LogP contribution in [0.3, 0.4) is 0 Å². The highest BCUT2D eigenvalue weighted by atomic mass is 16.5. The second-order valence-corrected chi connectivity index (χ2v) is 12.4. The van der Waals surface area contributed by atoms with E-state index in [2.05, 4.69) is 11.8 Å². The van der Waals surface area contributed by atoms with Crippen molar-refractivity contribution < 1.29 is 19.1 Å². The SMILES string of the molecule is CCCC(CCCCC1CC1CCCCCCCCCCCCCCC(=O)OCC)OC(=O)CCCN(C)C. The van der Waals surface area contributed by atoms with Crippen molar-refractivity contribution in [3.8, 4) is 0 Å². The second kappa shape index (κ2) is 24.7. The number of esters is 2. The maximum absolute atomic E-state index is 12.1. The lowest BCUT2D eigenvalue weighted by Crippen LogP contribution is -2.20. The number of unbranched alkanes of at least 4 members (excludes halogenated alkanes) is 12. The van der Waals surface area contributed by atoms with Crippen molar-refractivity contribution in [1.82, 2.24) is 4.90 Å². The Labute approximate surface area is 242 Å². The molecule has 1 fully saturated rings. The first-order valence-corrected chi connectivity index (χ1v) is 17.0. The van der Waals surface area contributed by atoms with Crippen molar-refractivity contribution in [1.29, 1.82) is 0 Å². The quantitative estimate of drug-likeness (QED) is 0.0716. The highest BCUT2D eigenvalue weighted by molar-refractivity contribution is 5.69. The summed E-state index contributed by atoms with van der Waals surface area (Å²) in [5.74, 6) is 1.94. The lowest BCUT2D eigenvalue weighted by Gasteiger charge is -2.18. The van der Waals surface area contributed by atoms with Crippen LogP contribution in [-0.4, -0.2) is 50.2 Å². The van der Waals surface area contributed by atoms with E-state index >= 15 is 0 Å². The number of rotatable bonds is 28. The first kappa shape index (κ1) is 35.9. The van der Waals surface area contributed by atoms with Gasteiger partial charge in [0.25, 0.3) is 0 Å². The number of hydrogen-bond donors (Lipinski definition) is 0. The van der Waals surface area contributed by atoms with Gasteiger partial charge >= 0.3 is 11.9 Å². The molecule has 0 amide bonds. The average molecular weight is 552 g/mol. The number of carbonyl (C=O) groups is 2. The van der Waals surface area contributed by atoms with Gasteiger partial charge in [0.05, 0.1) is 6.61 Å². The standard InChI is InChI=1S/C34H65NO4/c1-5-22-32(39-34(37)27-21-28-35(3)4)25-20-19-24-31-29-30(31)23-17-15-13-11-9-7-8-10-12-14-16-18-26-33(36)38-6-2/h30-32H,5-29H2,1-4H3. The predicted molar refractivity (Wildman–Crippen MR) is 164 cm³/mol. The molecule has 230 valence electrons. The monoisotopic (exact) mass is 551 g/mol. The molecule has 0 bridgehead atoms. The molecule has 0 aromatic rings. The Morgan fingerprint density at radius 3 is 1.72 bits per heavy atom. The highest BCUT2D eigenvalue weighted by Gasteiger charge is 2.35. The first-order valence-electron chi connectivity index (χ1n) is 17.0. The smallest absolute Gasteiger partial charge is 0.306 e. The van der Waals surface area contributed by atoms with Crippen molar-refractivity contribution in [2.24, 2.45) is 11.8 Å². The summed E-state index contributed by atoms with van der Waals surface area (Å²) in [6, 6.07) is 0. The molecule has 0 aromatic heterocycles. The van der Waals surface area contributed by atoms with Crippen LogP contribution >= 0.6 is 0 Å². The molecule has 5 nitrogen and oxygen atoms in total. The van der Waals surface area contributed by atoms with Crippen LogP contribution in [0.5, 0.6) is 0 Å². The Morgan fingerprint density at radius 1 is 0.667 bits per heavy atom. The molecule has 39 heavy (non-hydrogen) atoms. The molecule has 1 rings (SSSR count). The van der Waals surface area contributed by atoms with Gasteiger partial charge in [-0.2, -0.15) is 0 Å². The van der Waals surface area contributed by atoms with Gasteiger partial charge < -0.3 is 14.4 Å². The summed E-state index contributed by atoms with van der Waals surface area (Å²) in [7, 11) is 4.09. The number of ether oxygens (including phenoxy) is 2. The van der Waals surface area contributed by atoms with Crippen molar-refractivity contribution in [2.75, 3.05) is 27.2 Å². The Morgan fingerprint density at radius 2 is 1.18 bits per heavy atom. The summed E-state index contributed by atoms with van der Waals surface area (Å²) in [6.07, 6.45) is 28.0. The zero-order chi connectivity index (χ0) is 28.6. The summed E-state index contributed by atoms with van der Waals surface area (Å²) >= 11 is 0. The number of carbonyl (C=O) groups excluding carboxylic acids is 2. The summed E-state index contributed by atoms with van der Waals surface area (Å²) < 4.78 is 10.8. The second-order valence-electron chi connectivity index (χ2n) is 12.4. The third kappa shape index (κ3) is 22.3. The van der Waals surface area contributed by atoms with E-state index in [0.29, 0.717) is 19.4 Å². The van der Waals surface area contributed by atoms with Crippen LogP contribution < -0.4 is 0 Å². The molecule has 1 aliphatic rings. The molecule has 0 heterocycles. The van der Waals surface area contributed by atoms with E-state index in [0.717, 1.165) is 56.9 Å². The van der Waals surface area contributed by atoms with Crippen molar-refractivity contribution in [3.63, 3.8) is 0 Å². The zero-order valence-corrected chi connectivity index (χ0v) is 26.5. The highest BCUT2D eigenvalue weighted by Crippen LogP contribution is 2.45. The van der Waals surface area contributed by atoms with E-state index in [1.165, 1.54) is 96.3 Å². The molecule has 3 atom stereocenters. The molecular formula is C34H65NO4. The molecule has 0 spiro atoms. The van der Waals surface area contributed by atoms with E-state index in [4.69, 9.17) is 9.47 Å². The van der Waals surface area contributed by atoms with Gasteiger partial charge in [-0.3, -0.25) is 9.59 Å². The van der Waals surface area contributed by atoms with Gasteiger partial charge in [0.15, 0.2) is 0 Å². The molecule has 1 saturated carbocycles. The summed E-state index contributed by atoms with van der Waals surface area (Å²) in [5, 5.41) is 0. The lowest BCUT2D eigenvalue weighted by atomic mass is 10.0. The van der Waals surface area contributed by atoms with Gasteiger partial charge in [-0.25, -0.2) is 0 Å². The molecule has 1 aliphatic carbocycles. The van der Waals surface area contributed by atoms with E-state index in [-0.39, 0.29) is 18.0 Å². The van der Waals surface area contributed by atoms with Gasteiger partial charge in [0, 0.05) is 12.8 Å². The Bertz CT molecular complexity index is 594. The molecule has 0 saturated heterocycles. The third-order valence-corrected chi connectivity index (χ3v) is 8.33. The van der Waals surface area contributed by atoms with Gasteiger partial charge in [-0.05, 0) is 77.9 Å². The fourth-order valence-corrected chi connectivity index (χ4v) is 5.84. The van der Waals surface area contributed by atoms with Crippen molar-refractivity contribution in [3.05, 3.63) is 0 Å². The van der Waals surface area contributed by atoms with Crippen LogP contribution in [0.4, 0.5) is 0 Å².